The third kappa shape index (κ3) is 6.21. The molecule has 4 rings (SSSR count). The molecule has 35 heavy (non-hydrogen) atoms. The number of hydrogen-bond donors (Lipinski definition) is 1. The van der Waals surface area contributed by atoms with Crippen molar-refractivity contribution in [3.63, 3.8) is 0 Å². The van der Waals surface area contributed by atoms with Gasteiger partial charge in [-0.1, -0.05) is 24.3 Å². The third-order valence-electron chi connectivity index (χ3n) is 7.31. The van der Waals surface area contributed by atoms with Gasteiger partial charge in [-0.25, -0.2) is 4.39 Å². The highest BCUT2D eigenvalue weighted by atomic mass is 19.1. The van der Waals surface area contributed by atoms with Gasteiger partial charge in [-0.05, 0) is 81.6 Å². The number of likely N-dealkylation sites (tertiary alicyclic amines) is 1. The van der Waals surface area contributed by atoms with Gasteiger partial charge in [0.1, 0.15) is 5.82 Å². The molecular weight excluding hydrogens is 443 g/mol. The van der Waals surface area contributed by atoms with Crippen LogP contribution in [0.5, 0.6) is 11.5 Å². The Balaban J connectivity index is 1.44. The minimum Gasteiger partial charge on any atom is -0.504 e. The molecule has 1 fully saturated rings. The lowest BCUT2D eigenvalue weighted by Gasteiger charge is -2.40. The number of aromatic hydroxyl groups is 1. The van der Waals surface area contributed by atoms with E-state index >= 15 is 0 Å². The van der Waals surface area contributed by atoms with Gasteiger partial charge in [-0.3, -0.25) is 14.5 Å². The fraction of sp³-hybridized carbons (Fsp3) is 0.464. The first-order chi connectivity index (χ1) is 16.8. The summed E-state index contributed by atoms with van der Waals surface area (Å²) in [7, 11) is 5.67. The van der Waals surface area contributed by atoms with Gasteiger partial charge in [-0.2, -0.15) is 5.10 Å². The number of rotatable bonds is 9. The van der Waals surface area contributed by atoms with E-state index in [9.17, 15) is 9.50 Å². The summed E-state index contributed by atoms with van der Waals surface area (Å²) in [5, 5.41) is 14.6. The van der Waals surface area contributed by atoms with Gasteiger partial charge >= 0.3 is 0 Å². The molecule has 1 saturated heterocycles. The lowest BCUT2D eigenvalue weighted by molar-refractivity contribution is 0.0948. The van der Waals surface area contributed by atoms with E-state index in [0.29, 0.717) is 18.1 Å². The summed E-state index contributed by atoms with van der Waals surface area (Å²) >= 11 is 0. The molecule has 0 saturated carbocycles. The van der Waals surface area contributed by atoms with Crippen LogP contribution in [0, 0.1) is 18.7 Å². The van der Waals surface area contributed by atoms with Gasteiger partial charge in [0.2, 0.25) is 0 Å². The fourth-order valence-corrected chi connectivity index (χ4v) is 5.35. The molecule has 7 heteroatoms. The number of likely N-dealkylation sites (N-methyl/N-ethyl adjacent to an activating group) is 1. The Hall–Kier alpha value is -2.90. The number of benzene rings is 2. The summed E-state index contributed by atoms with van der Waals surface area (Å²) in [6, 6.07) is 13.0. The lowest BCUT2D eigenvalue weighted by atomic mass is 9.84. The molecule has 1 N–H and O–H groups in total. The number of methoxy groups -OCH3 is 1. The lowest BCUT2D eigenvalue weighted by Crippen LogP contribution is -2.45. The largest absolute Gasteiger partial charge is 0.504 e. The Bertz CT molecular complexity index is 1120. The summed E-state index contributed by atoms with van der Waals surface area (Å²) in [6.45, 7) is 5.59. The number of hydrogen-bond acceptors (Lipinski definition) is 5. The van der Waals surface area contributed by atoms with E-state index in [0.717, 1.165) is 55.8 Å². The van der Waals surface area contributed by atoms with Crippen LogP contribution in [0.2, 0.25) is 0 Å². The molecular formula is C28H37FN4O2. The monoisotopic (exact) mass is 480 g/mol. The van der Waals surface area contributed by atoms with Gasteiger partial charge in [0.05, 0.1) is 12.8 Å². The smallest absolute Gasteiger partial charge is 0.160 e. The van der Waals surface area contributed by atoms with Gasteiger partial charge in [0.25, 0.3) is 0 Å². The number of aryl methyl sites for hydroxylation is 2. The second-order valence-electron chi connectivity index (χ2n) is 9.81. The number of aromatic nitrogens is 2. The van der Waals surface area contributed by atoms with Crippen LogP contribution in [-0.2, 0) is 26.6 Å². The molecule has 0 unspecified atom stereocenters. The van der Waals surface area contributed by atoms with Crippen molar-refractivity contribution in [1.29, 1.82) is 0 Å². The van der Waals surface area contributed by atoms with Crippen LogP contribution in [0.15, 0.2) is 48.7 Å². The van der Waals surface area contributed by atoms with E-state index < -0.39 is 0 Å². The molecule has 3 aromatic rings. The van der Waals surface area contributed by atoms with Gasteiger partial charge < -0.3 is 9.84 Å². The number of halogens is 1. The van der Waals surface area contributed by atoms with Crippen molar-refractivity contribution < 1.29 is 14.2 Å². The zero-order valence-electron chi connectivity index (χ0n) is 21.2. The summed E-state index contributed by atoms with van der Waals surface area (Å²) in [6.07, 6.45) is 4.88. The molecule has 1 atom stereocenters. The van der Waals surface area contributed by atoms with Gasteiger partial charge in [0, 0.05) is 37.9 Å². The molecule has 6 nitrogen and oxygen atoms in total. The minimum absolute atomic E-state index is 0.125. The molecule has 0 radical (unpaired) electrons. The van der Waals surface area contributed by atoms with Crippen molar-refractivity contribution in [3.05, 3.63) is 76.9 Å². The summed E-state index contributed by atoms with van der Waals surface area (Å²) in [5.74, 6) is 1.02. The maximum Gasteiger partial charge on any atom is 0.160 e. The molecule has 0 amide bonds. The number of nitrogens with zero attached hydrogens (tertiary/aromatic N) is 4. The van der Waals surface area contributed by atoms with Crippen LogP contribution in [0.1, 0.15) is 35.2 Å². The van der Waals surface area contributed by atoms with E-state index in [4.69, 9.17) is 4.74 Å². The first-order valence-electron chi connectivity index (χ1n) is 12.3. The summed E-state index contributed by atoms with van der Waals surface area (Å²) in [4.78, 5) is 4.82. The van der Waals surface area contributed by atoms with Gasteiger partial charge in [0.15, 0.2) is 11.5 Å². The summed E-state index contributed by atoms with van der Waals surface area (Å²) < 4.78 is 21.6. The third-order valence-corrected chi connectivity index (χ3v) is 7.31. The number of phenolic OH excluding ortho intramolecular Hbond substituents is 1. The Kier molecular flexibility index (Phi) is 8.08. The predicted octanol–water partition coefficient (Wildman–Crippen LogP) is 4.54. The highest BCUT2D eigenvalue weighted by Gasteiger charge is 2.30. The van der Waals surface area contributed by atoms with E-state index in [1.165, 1.54) is 5.56 Å². The zero-order chi connectivity index (χ0) is 24.9. The molecule has 2 aromatic carbocycles. The fourth-order valence-electron chi connectivity index (χ4n) is 5.35. The molecule has 1 aliphatic rings. The Morgan fingerprint density at radius 3 is 2.54 bits per heavy atom. The topological polar surface area (TPSA) is 53.8 Å². The predicted molar refractivity (Wildman–Crippen MR) is 136 cm³/mol. The first-order valence-corrected chi connectivity index (χ1v) is 12.3. The molecule has 1 aliphatic heterocycles. The molecule has 2 heterocycles. The van der Waals surface area contributed by atoms with Crippen molar-refractivity contribution in [1.82, 2.24) is 19.6 Å². The normalized spacial score (nSPS) is 16.1. The average molecular weight is 481 g/mol. The van der Waals surface area contributed by atoms with Crippen LogP contribution in [0.3, 0.4) is 0 Å². The minimum atomic E-state index is -0.125. The number of ether oxygens (including phenoxy) is 1. The van der Waals surface area contributed by atoms with E-state index in [2.05, 4.69) is 28.1 Å². The maximum absolute atomic E-state index is 14.6. The molecule has 0 bridgehead atoms. The van der Waals surface area contributed by atoms with Crippen molar-refractivity contribution in [2.45, 2.75) is 45.3 Å². The standard InChI is InChI=1S/C28H37FN4O2/c1-20-24(19-32(3)30-20)18-31(2)26(16-23-7-5-6-8-25(23)29)22-11-13-33(14-12-22)17-21-9-10-28(35-4)27(34)15-21/h5-10,15,19,22,26,34H,11-14,16-18H2,1-4H3/t26-/m1/s1. The number of phenols is 1. The van der Waals surface area contributed by atoms with Crippen molar-refractivity contribution >= 4 is 0 Å². The second-order valence-corrected chi connectivity index (χ2v) is 9.81. The summed E-state index contributed by atoms with van der Waals surface area (Å²) in [5.41, 5.74) is 4.11. The molecule has 1 aromatic heterocycles. The van der Waals surface area contributed by atoms with Crippen LogP contribution >= 0.6 is 0 Å². The highest BCUT2D eigenvalue weighted by molar-refractivity contribution is 5.41. The average Bonchev–Trinajstić information content (AvgIpc) is 3.15. The van der Waals surface area contributed by atoms with E-state index in [1.54, 1.807) is 25.3 Å². The van der Waals surface area contributed by atoms with Crippen molar-refractivity contribution in [2.24, 2.45) is 13.0 Å². The van der Waals surface area contributed by atoms with Crippen LogP contribution < -0.4 is 4.74 Å². The maximum atomic E-state index is 14.6. The Morgan fingerprint density at radius 2 is 1.91 bits per heavy atom. The number of piperidine rings is 1. The highest BCUT2D eigenvalue weighted by Crippen LogP contribution is 2.30. The van der Waals surface area contributed by atoms with Crippen LogP contribution in [0.4, 0.5) is 4.39 Å². The molecule has 188 valence electrons. The van der Waals surface area contributed by atoms with E-state index in [1.807, 2.05) is 42.9 Å². The molecule has 0 aliphatic carbocycles. The SMILES string of the molecule is COc1ccc(CN2CCC([C@@H](Cc3ccccc3F)N(C)Cc3cn(C)nc3C)CC2)cc1O. The Morgan fingerprint density at radius 1 is 1.17 bits per heavy atom. The van der Waals surface area contributed by atoms with E-state index in [-0.39, 0.29) is 17.6 Å². The van der Waals surface area contributed by atoms with Crippen molar-refractivity contribution in [2.75, 3.05) is 27.2 Å². The van der Waals surface area contributed by atoms with Crippen LogP contribution in [0.25, 0.3) is 0 Å². The zero-order valence-corrected chi connectivity index (χ0v) is 21.2. The molecule has 0 spiro atoms. The van der Waals surface area contributed by atoms with Crippen LogP contribution in [-0.4, -0.2) is 58.0 Å². The van der Waals surface area contributed by atoms with Gasteiger partial charge in [-0.15, -0.1) is 0 Å². The first kappa shape index (κ1) is 25.2. The van der Waals surface area contributed by atoms with Crippen molar-refractivity contribution in [3.8, 4) is 11.5 Å². The quantitative estimate of drug-likeness (QED) is 0.488. The Labute approximate surface area is 207 Å². The second kappa shape index (κ2) is 11.2.